The number of methoxy groups -OCH3 is 1. The number of sulfonamides is 1. The first kappa shape index (κ1) is 22.6. The van der Waals surface area contributed by atoms with Gasteiger partial charge >= 0.3 is 5.97 Å². The Labute approximate surface area is 170 Å². The molecule has 0 heterocycles. The van der Waals surface area contributed by atoms with Crippen molar-refractivity contribution in [3.05, 3.63) is 54.1 Å². The number of rotatable bonds is 8. The van der Waals surface area contributed by atoms with E-state index in [0.717, 1.165) is 6.07 Å². The van der Waals surface area contributed by atoms with Gasteiger partial charge in [0.2, 0.25) is 0 Å². The Bertz CT molecular complexity index is 982. The van der Waals surface area contributed by atoms with Gasteiger partial charge in [-0.15, -0.1) is 0 Å². The minimum atomic E-state index is -4.03. The molecule has 7 nitrogen and oxygen atoms in total. The van der Waals surface area contributed by atoms with Gasteiger partial charge in [0.05, 0.1) is 12.0 Å². The molecule has 0 aliphatic carbocycles. The van der Waals surface area contributed by atoms with Crippen LogP contribution in [-0.4, -0.2) is 39.2 Å². The highest BCUT2D eigenvalue weighted by atomic mass is 32.2. The first-order valence-corrected chi connectivity index (χ1v) is 10.5. The zero-order chi connectivity index (χ0) is 21.6. The summed E-state index contributed by atoms with van der Waals surface area (Å²) in [5, 5.41) is 2.40. The van der Waals surface area contributed by atoms with Crippen molar-refractivity contribution in [1.82, 2.24) is 5.32 Å². The van der Waals surface area contributed by atoms with Crippen molar-refractivity contribution in [3.63, 3.8) is 0 Å². The number of carbonyl (C=O) groups excluding carboxylic acids is 2. The van der Waals surface area contributed by atoms with Crippen molar-refractivity contribution in [2.45, 2.75) is 28.5 Å². The molecular weight excluding hydrogens is 426 g/mol. The van der Waals surface area contributed by atoms with Crippen molar-refractivity contribution in [2.24, 2.45) is 0 Å². The van der Waals surface area contributed by atoms with E-state index in [1.165, 1.54) is 56.5 Å². The molecule has 1 amide bonds. The molecule has 0 radical (unpaired) electrons. The van der Waals surface area contributed by atoms with Crippen molar-refractivity contribution < 1.29 is 31.5 Å². The molecule has 29 heavy (non-hydrogen) atoms. The number of anilines is 1. The maximum atomic E-state index is 12.6. The van der Waals surface area contributed by atoms with Crippen molar-refractivity contribution in [2.75, 3.05) is 11.8 Å². The molecule has 0 spiro atoms. The molecule has 0 unspecified atom stereocenters. The lowest BCUT2D eigenvalue weighted by Crippen LogP contribution is -2.39. The van der Waals surface area contributed by atoms with Crippen LogP contribution in [0.1, 0.15) is 17.3 Å². The third kappa shape index (κ3) is 6.43. The van der Waals surface area contributed by atoms with Gasteiger partial charge in [0.1, 0.15) is 6.04 Å². The SMILES string of the molecule is COC(=O)[C@@H](C)NC(=O)c1cccc(S(=O)(=O)Nc2ccc(SC(F)F)cc2)c1. The minimum Gasteiger partial charge on any atom is -0.467 e. The fraction of sp³-hybridized carbons (Fsp3) is 0.222. The molecule has 0 saturated carbocycles. The molecule has 0 bridgehead atoms. The first-order valence-electron chi connectivity index (χ1n) is 8.19. The van der Waals surface area contributed by atoms with Gasteiger partial charge in [0.15, 0.2) is 0 Å². The molecule has 0 fully saturated rings. The van der Waals surface area contributed by atoms with E-state index in [-0.39, 0.29) is 16.1 Å². The Balaban J connectivity index is 2.15. The summed E-state index contributed by atoms with van der Waals surface area (Å²) in [6, 6.07) is 9.78. The van der Waals surface area contributed by atoms with Crippen LogP contribution in [0.5, 0.6) is 0 Å². The van der Waals surface area contributed by atoms with E-state index >= 15 is 0 Å². The number of carbonyl (C=O) groups is 2. The number of nitrogens with one attached hydrogen (secondary N) is 2. The Morgan fingerprint density at radius 2 is 1.76 bits per heavy atom. The maximum absolute atomic E-state index is 12.6. The summed E-state index contributed by atoms with van der Waals surface area (Å²) in [6.07, 6.45) is 0. The van der Waals surface area contributed by atoms with E-state index in [9.17, 15) is 26.8 Å². The van der Waals surface area contributed by atoms with Crippen LogP contribution < -0.4 is 10.0 Å². The third-order valence-electron chi connectivity index (χ3n) is 3.64. The summed E-state index contributed by atoms with van der Waals surface area (Å²) in [5.41, 5.74) is 0.213. The van der Waals surface area contributed by atoms with Gasteiger partial charge in [-0.2, -0.15) is 8.78 Å². The van der Waals surface area contributed by atoms with E-state index in [1.807, 2.05) is 0 Å². The van der Waals surface area contributed by atoms with E-state index in [1.54, 1.807) is 0 Å². The van der Waals surface area contributed by atoms with E-state index in [0.29, 0.717) is 16.7 Å². The third-order valence-corrected chi connectivity index (χ3v) is 5.74. The Kier molecular flexibility index (Phi) is 7.57. The second-order valence-corrected chi connectivity index (χ2v) is 8.50. The number of hydrogen-bond acceptors (Lipinski definition) is 6. The zero-order valence-corrected chi connectivity index (χ0v) is 17.0. The summed E-state index contributed by atoms with van der Waals surface area (Å²) in [6.45, 7) is 1.43. The lowest BCUT2D eigenvalue weighted by atomic mass is 10.2. The number of benzene rings is 2. The Morgan fingerprint density at radius 1 is 1.10 bits per heavy atom. The molecule has 11 heteroatoms. The molecule has 0 aliphatic rings. The molecule has 2 aromatic carbocycles. The first-order chi connectivity index (χ1) is 13.6. The number of ether oxygens (including phenoxy) is 1. The minimum absolute atomic E-state index is 0.0345. The van der Waals surface area contributed by atoms with Crippen LogP contribution >= 0.6 is 11.8 Å². The van der Waals surface area contributed by atoms with Crippen LogP contribution in [0, 0.1) is 0 Å². The monoisotopic (exact) mass is 444 g/mol. The van der Waals surface area contributed by atoms with Gasteiger partial charge in [-0.25, -0.2) is 13.2 Å². The van der Waals surface area contributed by atoms with E-state index in [4.69, 9.17) is 0 Å². The highest BCUT2D eigenvalue weighted by Crippen LogP contribution is 2.27. The number of thioether (sulfide) groups is 1. The zero-order valence-electron chi connectivity index (χ0n) is 15.4. The van der Waals surface area contributed by atoms with Gasteiger partial charge in [-0.1, -0.05) is 17.8 Å². The normalized spacial score (nSPS) is 12.3. The molecule has 2 rings (SSSR count). The number of hydrogen-bond donors (Lipinski definition) is 2. The number of amides is 1. The fourth-order valence-corrected chi connectivity index (χ4v) is 3.84. The van der Waals surface area contributed by atoms with E-state index < -0.39 is 33.7 Å². The van der Waals surface area contributed by atoms with Gasteiger partial charge < -0.3 is 10.1 Å². The maximum Gasteiger partial charge on any atom is 0.328 e. The van der Waals surface area contributed by atoms with Crippen LogP contribution in [0.4, 0.5) is 14.5 Å². The van der Waals surface area contributed by atoms with Gasteiger partial charge in [-0.05, 0) is 49.4 Å². The molecule has 2 aromatic rings. The summed E-state index contributed by atoms with van der Waals surface area (Å²) < 4.78 is 56.7. The average Bonchev–Trinajstić information content (AvgIpc) is 2.68. The lowest BCUT2D eigenvalue weighted by molar-refractivity contribution is -0.142. The molecule has 0 saturated heterocycles. The quantitative estimate of drug-likeness (QED) is 0.479. The van der Waals surface area contributed by atoms with Crippen LogP contribution in [0.3, 0.4) is 0 Å². The Hall–Kier alpha value is -2.66. The van der Waals surface area contributed by atoms with Crippen molar-refractivity contribution in [1.29, 1.82) is 0 Å². The summed E-state index contributed by atoms with van der Waals surface area (Å²) in [7, 11) is -2.85. The average molecular weight is 444 g/mol. The number of halogens is 2. The summed E-state index contributed by atoms with van der Waals surface area (Å²) >= 11 is 0.347. The lowest BCUT2D eigenvalue weighted by Gasteiger charge is -2.13. The number of alkyl halides is 2. The van der Waals surface area contributed by atoms with Crippen molar-refractivity contribution >= 4 is 39.3 Å². The topological polar surface area (TPSA) is 102 Å². The molecule has 156 valence electrons. The molecule has 0 aromatic heterocycles. The standard InChI is InChI=1S/C18H18F2N2O5S2/c1-11(17(24)27-2)21-16(23)12-4-3-5-15(10-12)29(25,26)22-13-6-8-14(9-7-13)28-18(19)20/h3-11,18,22H,1-2H3,(H,21,23)/t11-/m1/s1. The predicted molar refractivity (Wildman–Crippen MR) is 104 cm³/mol. The highest BCUT2D eigenvalue weighted by Gasteiger charge is 2.20. The summed E-state index contributed by atoms with van der Waals surface area (Å²) in [5.74, 6) is -3.86. The van der Waals surface area contributed by atoms with Gasteiger partial charge in [0.25, 0.3) is 21.7 Å². The largest absolute Gasteiger partial charge is 0.467 e. The highest BCUT2D eigenvalue weighted by molar-refractivity contribution is 7.99. The van der Waals surface area contributed by atoms with E-state index in [2.05, 4.69) is 14.8 Å². The molecule has 0 aliphatic heterocycles. The van der Waals surface area contributed by atoms with Crippen molar-refractivity contribution in [3.8, 4) is 0 Å². The van der Waals surface area contributed by atoms with Gasteiger partial charge in [0, 0.05) is 16.1 Å². The van der Waals surface area contributed by atoms with Crippen LogP contribution in [-0.2, 0) is 19.6 Å². The van der Waals surface area contributed by atoms with Gasteiger partial charge in [-0.3, -0.25) is 9.52 Å². The smallest absolute Gasteiger partial charge is 0.328 e. The van der Waals surface area contributed by atoms with Crippen LogP contribution in [0.25, 0.3) is 0 Å². The second-order valence-electron chi connectivity index (χ2n) is 5.75. The second kappa shape index (κ2) is 9.70. The predicted octanol–water partition coefficient (Wildman–Crippen LogP) is 3.09. The van der Waals surface area contributed by atoms with Crippen LogP contribution in [0.15, 0.2) is 58.3 Å². The molecule has 1 atom stereocenters. The molecular formula is C18H18F2N2O5S2. The Morgan fingerprint density at radius 3 is 2.34 bits per heavy atom. The fourth-order valence-electron chi connectivity index (χ4n) is 2.24. The molecule has 2 N–H and O–H groups in total. The van der Waals surface area contributed by atoms with Crippen LogP contribution in [0.2, 0.25) is 0 Å². The summed E-state index contributed by atoms with van der Waals surface area (Å²) in [4.78, 5) is 23.8. The number of esters is 1.